The molecule has 1 amide bonds. The third-order valence-electron chi connectivity index (χ3n) is 4.27. The quantitative estimate of drug-likeness (QED) is 0.500. The van der Waals surface area contributed by atoms with E-state index in [9.17, 15) is 22.4 Å². The summed E-state index contributed by atoms with van der Waals surface area (Å²) < 4.78 is 60.2. The van der Waals surface area contributed by atoms with Crippen molar-refractivity contribution in [2.24, 2.45) is 7.05 Å². The number of carbonyl (C=O) groups is 1. The summed E-state index contributed by atoms with van der Waals surface area (Å²) in [7, 11) is 1.80. The lowest BCUT2D eigenvalue weighted by molar-refractivity contribution is 0.0950. The Hall–Kier alpha value is -3.36. The van der Waals surface area contributed by atoms with E-state index in [0.29, 0.717) is 11.1 Å². The van der Waals surface area contributed by atoms with E-state index >= 15 is 0 Å². The highest BCUT2D eigenvalue weighted by Gasteiger charge is 2.20. The number of halogens is 4. The van der Waals surface area contributed by atoms with Crippen molar-refractivity contribution in [2.45, 2.75) is 20.1 Å². The average molecular weight is 407 g/mol. The highest BCUT2D eigenvalue weighted by atomic mass is 19.2. The molecule has 1 aromatic heterocycles. The lowest BCUT2D eigenvalue weighted by Crippen LogP contribution is -2.23. The van der Waals surface area contributed by atoms with E-state index in [1.165, 1.54) is 24.3 Å². The molecule has 9 heteroatoms. The third-order valence-corrected chi connectivity index (χ3v) is 4.27. The van der Waals surface area contributed by atoms with Gasteiger partial charge in [-0.1, -0.05) is 12.1 Å². The van der Waals surface area contributed by atoms with Crippen LogP contribution in [0.3, 0.4) is 0 Å². The normalized spacial score (nSPS) is 10.8. The van der Waals surface area contributed by atoms with E-state index in [1.54, 1.807) is 11.7 Å². The van der Waals surface area contributed by atoms with Crippen LogP contribution in [0.5, 0.6) is 5.75 Å². The Labute approximate surface area is 163 Å². The fraction of sp³-hybridized carbons (Fsp3) is 0.200. The second-order valence-corrected chi connectivity index (χ2v) is 6.37. The zero-order valence-electron chi connectivity index (χ0n) is 15.6. The van der Waals surface area contributed by atoms with Gasteiger partial charge in [-0.05, 0) is 30.7 Å². The third kappa shape index (κ3) is 4.56. The predicted molar refractivity (Wildman–Crippen MR) is 96.2 cm³/mol. The second-order valence-electron chi connectivity index (χ2n) is 6.37. The number of aryl methyl sites for hydroxylation is 2. The van der Waals surface area contributed by atoms with Crippen LogP contribution in [0, 0.1) is 30.2 Å². The number of rotatable bonds is 6. The minimum Gasteiger partial charge on any atom is -0.483 e. The summed E-state index contributed by atoms with van der Waals surface area (Å²) in [6.07, 6.45) is 0. The number of nitrogens with one attached hydrogen (secondary N) is 1. The molecule has 0 saturated heterocycles. The second kappa shape index (κ2) is 8.34. The van der Waals surface area contributed by atoms with Gasteiger partial charge in [-0.3, -0.25) is 9.48 Å². The van der Waals surface area contributed by atoms with Crippen molar-refractivity contribution in [3.05, 3.63) is 82.2 Å². The minimum atomic E-state index is -1.61. The molecule has 0 fully saturated rings. The zero-order valence-corrected chi connectivity index (χ0v) is 15.6. The van der Waals surface area contributed by atoms with Crippen LogP contribution in [0.2, 0.25) is 0 Å². The Kier molecular flexibility index (Phi) is 5.86. The highest BCUT2D eigenvalue weighted by Crippen LogP contribution is 2.27. The summed E-state index contributed by atoms with van der Waals surface area (Å²) in [5.74, 6) is -7.77. The summed E-state index contributed by atoms with van der Waals surface area (Å²) in [5, 5.41) is 6.97. The highest BCUT2D eigenvalue weighted by molar-refractivity contribution is 5.94. The number of ether oxygens (including phenoxy) is 1. The topological polar surface area (TPSA) is 56.1 Å². The molecule has 29 heavy (non-hydrogen) atoms. The first kappa shape index (κ1) is 20.4. The molecule has 3 rings (SSSR count). The van der Waals surface area contributed by atoms with Crippen molar-refractivity contribution in [3.63, 3.8) is 0 Å². The number of aromatic nitrogens is 2. The van der Waals surface area contributed by atoms with Crippen LogP contribution in [0.25, 0.3) is 0 Å². The molecule has 0 radical (unpaired) electrons. The standard InChI is InChI=1S/C20H17F4N3O2/c1-11-7-14(26-27(11)2)9-25-20(28)13-5-3-12(4-6-13)10-29-19-17(23)15(21)8-16(22)18(19)24/h3-8H,9-10H2,1-2H3,(H,25,28). The van der Waals surface area contributed by atoms with Gasteiger partial charge in [0.1, 0.15) is 6.61 Å². The van der Waals surface area contributed by atoms with Crippen molar-refractivity contribution >= 4 is 5.91 Å². The molecule has 152 valence electrons. The molecule has 3 aromatic rings. The molecule has 1 heterocycles. The van der Waals surface area contributed by atoms with Crippen LogP contribution in [-0.2, 0) is 20.2 Å². The van der Waals surface area contributed by atoms with Gasteiger partial charge in [-0.25, -0.2) is 8.78 Å². The number of benzene rings is 2. The SMILES string of the molecule is Cc1cc(CNC(=O)c2ccc(COc3c(F)c(F)cc(F)c3F)cc2)nn1C. The Morgan fingerprint density at radius 3 is 2.24 bits per heavy atom. The first-order valence-corrected chi connectivity index (χ1v) is 8.58. The number of nitrogens with zero attached hydrogens (tertiary/aromatic N) is 2. The van der Waals surface area contributed by atoms with E-state index in [0.717, 1.165) is 11.4 Å². The van der Waals surface area contributed by atoms with Gasteiger partial charge in [-0.2, -0.15) is 13.9 Å². The van der Waals surface area contributed by atoms with Crippen molar-refractivity contribution in [1.29, 1.82) is 0 Å². The van der Waals surface area contributed by atoms with Crippen LogP contribution in [-0.4, -0.2) is 15.7 Å². The van der Waals surface area contributed by atoms with Crippen molar-refractivity contribution in [2.75, 3.05) is 0 Å². The lowest BCUT2D eigenvalue weighted by atomic mass is 10.1. The molecule has 2 aromatic carbocycles. The average Bonchev–Trinajstić information content (AvgIpc) is 3.02. The number of hydrogen-bond donors (Lipinski definition) is 1. The minimum absolute atomic E-state index is 0.108. The van der Waals surface area contributed by atoms with Gasteiger partial charge in [0.15, 0.2) is 17.4 Å². The lowest BCUT2D eigenvalue weighted by Gasteiger charge is -2.10. The molecule has 0 aliphatic rings. The Morgan fingerprint density at radius 1 is 1.07 bits per heavy atom. The molecule has 0 bridgehead atoms. The number of amides is 1. The summed E-state index contributed by atoms with van der Waals surface area (Å²) >= 11 is 0. The largest absolute Gasteiger partial charge is 0.483 e. The molecule has 5 nitrogen and oxygen atoms in total. The Morgan fingerprint density at radius 2 is 1.69 bits per heavy atom. The van der Waals surface area contributed by atoms with Gasteiger partial charge < -0.3 is 10.1 Å². The Balaban J connectivity index is 1.61. The molecule has 0 spiro atoms. The van der Waals surface area contributed by atoms with Crippen LogP contribution >= 0.6 is 0 Å². The fourth-order valence-corrected chi connectivity index (χ4v) is 2.58. The van der Waals surface area contributed by atoms with Gasteiger partial charge >= 0.3 is 0 Å². The van der Waals surface area contributed by atoms with Gasteiger partial charge in [0.2, 0.25) is 11.6 Å². The zero-order chi connectivity index (χ0) is 21.1. The maximum Gasteiger partial charge on any atom is 0.251 e. The van der Waals surface area contributed by atoms with Gasteiger partial charge in [0.05, 0.1) is 12.2 Å². The van der Waals surface area contributed by atoms with Crippen molar-refractivity contribution < 1.29 is 27.1 Å². The van der Waals surface area contributed by atoms with E-state index in [2.05, 4.69) is 10.4 Å². The van der Waals surface area contributed by atoms with Gasteiger partial charge in [-0.15, -0.1) is 0 Å². The smallest absolute Gasteiger partial charge is 0.251 e. The van der Waals surface area contributed by atoms with Crippen LogP contribution in [0.4, 0.5) is 17.6 Å². The number of carbonyl (C=O) groups excluding carboxylic acids is 1. The van der Waals surface area contributed by atoms with Gasteiger partial charge in [0, 0.05) is 24.4 Å². The van der Waals surface area contributed by atoms with E-state index < -0.39 is 29.0 Å². The molecule has 1 N–H and O–H groups in total. The predicted octanol–water partition coefficient (Wildman–Crippen LogP) is 3.79. The molecule has 0 saturated carbocycles. The fourth-order valence-electron chi connectivity index (χ4n) is 2.58. The van der Waals surface area contributed by atoms with E-state index in [-0.39, 0.29) is 25.1 Å². The van der Waals surface area contributed by atoms with Crippen molar-refractivity contribution in [1.82, 2.24) is 15.1 Å². The maximum absolute atomic E-state index is 13.6. The summed E-state index contributed by atoms with van der Waals surface area (Å²) in [6.45, 7) is 1.82. The van der Waals surface area contributed by atoms with E-state index in [1.807, 2.05) is 13.0 Å². The first-order valence-electron chi connectivity index (χ1n) is 8.58. The van der Waals surface area contributed by atoms with Crippen molar-refractivity contribution in [3.8, 4) is 5.75 Å². The summed E-state index contributed by atoms with van der Waals surface area (Å²) in [4.78, 5) is 12.2. The first-order chi connectivity index (χ1) is 13.8. The van der Waals surface area contributed by atoms with Crippen LogP contribution in [0.1, 0.15) is 27.3 Å². The number of hydrogen-bond acceptors (Lipinski definition) is 3. The van der Waals surface area contributed by atoms with Crippen LogP contribution in [0.15, 0.2) is 36.4 Å². The molecular weight excluding hydrogens is 390 g/mol. The summed E-state index contributed by atoms with van der Waals surface area (Å²) in [6, 6.07) is 7.97. The Bertz CT molecular complexity index is 1000. The molecule has 0 aliphatic heterocycles. The maximum atomic E-state index is 13.6. The molecular formula is C20H17F4N3O2. The molecule has 0 aliphatic carbocycles. The molecule has 0 unspecified atom stereocenters. The van der Waals surface area contributed by atoms with Gasteiger partial charge in [0.25, 0.3) is 5.91 Å². The summed E-state index contributed by atoms with van der Waals surface area (Å²) in [5.41, 5.74) is 2.49. The monoisotopic (exact) mass is 407 g/mol. The van der Waals surface area contributed by atoms with E-state index in [4.69, 9.17) is 4.74 Å². The molecule has 0 atom stereocenters. The van der Waals surface area contributed by atoms with Crippen LogP contribution < -0.4 is 10.1 Å².